The number of thiol groups is 1. The maximum absolute atomic E-state index is 11.5. The summed E-state index contributed by atoms with van der Waals surface area (Å²) >= 11 is 10.00. The Labute approximate surface area is 195 Å². The quantitative estimate of drug-likeness (QED) is 0.0865. The number of oxime groups is 1. The summed E-state index contributed by atoms with van der Waals surface area (Å²) in [5, 5.41) is 32.9. The van der Waals surface area contributed by atoms with Crippen LogP contribution < -0.4 is 9.46 Å². The first-order valence-electron chi connectivity index (χ1n) is 9.50. The van der Waals surface area contributed by atoms with Crippen LogP contribution in [0.15, 0.2) is 65.8 Å². The number of ketones is 1. The second-order valence-electron chi connectivity index (χ2n) is 6.95. The molecule has 0 heterocycles. The Morgan fingerprint density at radius 3 is 2.50 bits per heavy atom. The number of carbonyl (C=O) groups is 1. The summed E-state index contributed by atoms with van der Waals surface area (Å²) < 4.78 is 8.16. The average Bonchev–Trinajstić information content (AvgIpc) is 2.80. The summed E-state index contributed by atoms with van der Waals surface area (Å²) in [6.07, 6.45) is -0.893. The number of nitrogens with zero attached hydrogens (tertiary/aromatic N) is 1. The van der Waals surface area contributed by atoms with E-state index in [9.17, 15) is 15.0 Å². The van der Waals surface area contributed by atoms with Gasteiger partial charge in [0, 0.05) is 5.56 Å². The largest absolute Gasteiger partial charge is 0.505 e. The molecule has 7 nitrogen and oxygen atoms in total. The molecular weight excluding hydrogens is 452 g/mol. The van der Waals surface area contributed by atoms with Crippen LogP contribution in [0.25, 0.3) is 0 Å². The zero-order valence-corrected chi connectivity index (χ0v) is 18.6. The number of hydrogen-bond acceptors (Lipinski definition) is 7. The lowest BCUT2D eigenvalue weighted by Crippen LogP contribution is -2.15. The monoisotopic (exact) mass is 472 g/mol. The molecule has 0 amide bonds. The number of nitrogens with one attached hydrogen (secondary N) is 1. The van der Waals surface area contributed by atoms with Crippen LogP contribution in [0.5, 0.6) is 11.5 Å². The zero-order valence-electron chi connectivity index (χ0n) is 17.0. The highest BCUT2D eigenvalue weighted by atomic mass is 35.5. The molecule has 166 valence electrons. The molecule has 0 radical (unpaired) electrons. The van der Waals surface area contributed by atoms with Crippen LogP contribution in [-0.4, -0.2) is 27.0 Å². The molecule has 0 bridgehead atoms. The Morgan fingerprint density at radius 2 is 1.88 bits per heavy atom. The number of aromatic hydroxyl groups is 1. The Morgan fingerprint density at radius 1 is 1.16 bits per heavy atom. The molecule has 32 heavy (non-hydrogen) atoms. The summed E-state index contributed by atoms with van der Waals surface area (Å²) in [4.78, 5) is 11.5. The number of rotatable bonds is 7. The zero-order chi connectivity index (χ0) is 23.3. The summed E-state index contributed by atoms with van der Waals surface area (Å²) in [5.41, 5.74) is 2.79. The molecule has 3 rings (SSSR count). The molecule has 0 aliphatic rings. The minimum atomic E-state index is -0.893. The van der Waals surface area contributed by atoms with Gasteiger partial charge in [-0.25, -0.2) is 0 Å². The van der Waals surface area contributed by atoms with Crippen molar-refractivity contribution < 1.29 is 25.0 Å². The highest BCUT2D eigenvalue weighted by Gasteiger charge is 2.16. The van der Waals surface area contributed by atoms with E-state index in [0.717, 1.165) is 5.56 Å². The Hall–Kier alpha value is -3.20. The number of halogens is 1. The highest BCUT2D eigenvalue weighted by Crippen LogP contribution is 2.36. The molecule has 0 saturated carbocycles. The summed E-state index contributed by atoms with van der Waals surface area (Å²) in [5.74, 6) is -0.178. The molecule has 4 N–H and O–H groups in total. The highest BCUT2D eigenvalue weighted by molar-refractivity contribution is 7.78. The van der Waals surface area contributed by atoms with Crippen LogP contribution in [0.3, 0.4) is 0 Å². The predicted octanol–water partition coefficient (Wildman–Crippen LogP) is 4.48. The number of benzene rings is 3. The summed E-state index contributed by atoms with van der Waals surface area (Å²) in [6, 6.07) is 17.1. The number of carbonyl (C=O) groups excluding carboxylic acids is 1. The number of phenols is 1. The maximum atomic E-state index is 11.5. The Kier molecular flexibility index (Phi) is 7.63. The third kappa shape index (κ3) is 5.16. The van der Waals surface area contributed by atoms with Crippen molar-refractivity contribution in [3.05, 3.63) is 93.5 Å². The Bertz CT molecular complexity index is 1150. The molecular formula is C23H21ClN2O5S. The first kappa shape index (κ1) is 23.5. The van der Waals surface area contributed by atoms with E-state index in [1.54, 1.807) is 48.5 Å². The van der Waals surface area contributed by atoms with Crippen LogP contribution in [0.1, 0.15) is 45.6 Å². The minimum Gasteiger partial charge on any atom is -0.505 e. The average molecular weight is 473 g/mol. The van der Waals surface area contributed by atoms with Gasteiger partial charge in [0.05, 0.1) is 5.56 Å². The normalized spacial score (nSPS) is 12.3. The van der Waals surface area contributed by atoms with Gasteiger partial charge in [-0.1, -0.05) is 72.0 Å². The van der Waals surface area contributed by atoms with Gasteiger partial charge < -0.3 is 24.9 Å². The number of aliphatic hydroxyl groups excluding tert-OH is 1. The molecule has 3 aromatic rings. The van der Waals surface area contributed by atoms with Crippen molar-refractivity contribution in [1.29, 1.82) is 0 Å². The fourth-order valence-electron chi connectivity index (χ4n) is 3.09. The van der Waals surface area contributed by atoms with E-state index in [-0.39, 0.29) is 40.3 Å². The van der Waals surface area contributed by atoms with Gasteiger partial charge in [-0.15, -0.1) is 0 Å². The summed E-state index contributed by atoms with van der Waals surface area (Å²) in [7, 11) is 0. The van der Waals surface area contributed by atoms with Gasteiger partial charge in [-0.2, -0.15) is 0 Å². The van der Waals surface area contributed by atoms with Gasteiger partial charge >= 0.3 is 0 Å². The SMILES string of the molecule is CC(=O)c1ccc(OCc2ccc(C(O)c3cccc(/C(=N/O)NS)c3)cc2)c(Cl)c1O. The molecule has 0 aliphatic carbocycles. The van der Waals surface area contributed by atoms with Crippen molar-refractivity contribution in [1.82, 2.24) is 4.72 Å². The van der Waals surface area contributed by atoms with Gasteiger partial charge in [0.1, 0.15) is 29.2 Å². The molecule has 1 unspecified atom stereocenters. The number of amidine groups is 1. The van der Waals surface area contributed by atoms with E-state index in [1.165, 1.54) is 19.1 Å². The van der Waals surface area contributed by atoms with E-state index < -0.39 is 6.10 Å². The van der Waals surface area contributed by atoms with E-state index in [2.05, 4.69) is 22.7 Å². The molecule has 1 atom stereocenters. The van der Waals surface area contributed by atoms with Crippen molar-refractivity contribution >= 4 is 36.0 Å². The maximum Gasteiger partial charge on any atom is 0.182 e. The van der Waals surface area contributed by atoms with Crippen molar-refractivity contribution in [2.45, 2.75) is 19.6 Å². The van der Waals surface area contributed by atoms with Gasteiger partial charge in [0.2, 0.25) is 0 Å². The molecule has 0 aliphatic heterocycles. The van der Waals surface area contributed by atoms with Gasteiger partial charge in [0.15, 0.2) is 11.6 Å². The van der Waals surface area contributed by atoms with Crippen molar-refractivity contribution in [3.8, 4) is 11.5 Å². The van der Waals surface area contributed by atoms with Gasteiger partial charge in [0.25, 0.3) is 0 Å². The van der Waals surface area contributed by atoms with E-state index in [1.807, 2.05) is 0 Å². The number of phenolic OH excluding ortho intramolecular Hbond substituents is 1. The first-order valence-corrected chi connectivity index (χ1v) is 10.3. The number of hydrogen-bond donors (Lipinski definition) is 5. The molecule has 3 aromatic carbocycles. The van der Waals surface area contributed by atoms with Gasteiger partial charge in [-0.3, -0.25) is 4.79 Å². The summed E-state index contributed by atoms with van der Waals surface area (Å²) in [6.45, 7) is 1.52. The fourth-order valence-corrected chi connectivity index (χ4v) is 3.49. The van der Waals surface area contributed by atoms with Gasteiger partial charge in [-0.05, 0) is 41.8 Å². The lowest BCUT2D eigenvalue weighted by molar-refractivity contribution is 0.101. The number of ether oxygens (including phenoxy) is 1. The smallest absolute Gasteiger partial charge is 0.182 e. The minimum absolute atomic E-state index is 0.0221. The van der Waals surface area contributed by atoms with Crippen molar-refractivity contribution in [2.24, 2.45) is 5.16 Å². The number of Topliss-reactive ketones (excluding diaryl/α,β-unsaturated/α-hetero) is 1. The lowest BCUT2D eigenvalue weighted by Gasteiger charge is -2.14. The Balaban J connectivity index is 1.71. The second-order valence-corrected chi connectivity index (χ2v) is 7.55. The molecule has 9 heteroatoms. The number of aliphatic hydroxyl groups is 1. The molecule has 0 fully saturated rings. The molecule has 0 spiro atoms. The predicted molar refractivity (Wildman–Crippen MR) is 125 cm³/mol. The van der Waals surface area contributed by atoms with Crippen LogP contribution in [0.4, 0.5) is 0 Å². The lowest BCUT2D eigenvalue weighted by atomic mass is 9.98. The van der Waals surface area contributed by atoms with Crippen molar-refractivity contribution in [3.63, 3.8) is 0 Å². The molecule has 0 aromatic heterocycles. The van der Waals surface area contributed by atoms with Crippen molar-refractivity contribution in [2.75, 3.05) is 0 Å². The third-order valence-corrected chi connectivity index (χ3v) is 5.41. The standard InChI is InChI=1S/C23H21ClN2O5S/c1-13(27)18-9-10-19(20(24)22(18)29)31-12-14-5-7-15(8-6-14)21(28)16-3-2-4-17(11-16)23(25-30)26-32/h2-11,21,28-30,32H,12H2,1H3,(H,25,26). The van der Waals surface area contributed by atoms with E-state index in [0.29, 0.717) is 16.7 Å². The first-order chi connectivity index (χ1) is 15.3. The third-order valence-electron chi connectivity index (χ3n) is 4.83. The van der Waals surface area contributed by atoms with E-state index in [4.69, 9.17) is 21.5 Å². The fraction of sp³-hybridized carbons (Fsp3) is 0.130. The van der Waals surface area contributed by atoms with E-state index >= 15 is 0 Å². The second kappa shape index (κ2) is 10.4. The van der Waals surface area contributed by atoms with Crippen LogP contribution in [0, 0.1) is 0 Å². The van der Waals surface area contributed by atoms with Crippen LogP contribution >= 0.6 is 24.4 Å². The topological polar surface area (TPSA) is 111 Å². The van der Waals surface area contributed by atoms with Crippen LogP contribution in [-0.2, 0) is 6.61 Å². The molecule has 0 saturated heterocycles. The van der Waals surface area contributed by atoms with Crippen LogP contribution in [0.2, 0.25) is 5.02 Å².